The molecule has 9 heteroatoms. The van der Waals surface area contributed by atoms with Crippen LogP contribution in [0, 0.1) is 11.3 Å². The van der Waals surface area contributed by atoms with Crippen LogP contribution in [0.15, 0.2) is 23.1 Å². The van der Waals surface area contributed by atoms with Crippen molar-refractivity contribution in [1.29, 1.82) is 5.26 Å². The first-order valence-corrected chi connectivity index (χ1v) is 6.62. The monoisotopic (exact) mass is 312 g/mol. The molecule has 0 saturated carbocycles. The Morgan fingerprint density at radius 1 is 1.42 bits per heavy atom. The van der Waals surface area contributed by atoms with E-state index in [1.807, 2.05) is 0 Å². The molecule has 0 heterocycles. The van der Waals surface area contributed by atoms with Crippen molar-refractivity contribution in [2.45, 2.75) is 11.1 Å². The summed E-state index contributed by atoms with van der Waals surface area (Å²) in [4.78, 5) is -0.568. The lowest BCUT2D eigenvalue weighted by molar-refractivity contribution is -0.137. The van der Waals surface area contributed by atoms with Crippen LogP contribution in [-0.4, -0.2) is 26.3 Å². The minimum absolute atomic E-state index is 0.450. The molecular weight excluding hydrogens is 305 g/mol. The van der Waals surface area contributed by atoms with Crippen LogP contribution < -0.4 is 0 Å². The van der Waals surface area contributed by atoms with E-state index in [0.29, 0.717) is 10.4 Å². The first-order valence-electron chi connectivity index (χ1n) is 4.80. The summed E-state index contributed by atoms with van der Waals surface area (Å²) in [6.07, 6.45) is -4.75. The average Bonchev–Trinajstić information content (AvgIpc) is 2.28. The third-order valence-corrected chi connectivity index (χ3v) is 4.37. The molecular formula is C10H8ClF3N2O2S. The lowest BCUT2D eigenvalue weighted by Gasteiger charge is -2.15. The number of alkyl halides is 3. The van der Waals surface area contributed by atoms with Gasteiger partial charge in [-0.15, -0.1) is 0 Å². The lowest BCUT2D eigenvalue weighted by atomic mass is 10.2. The largest absolute Gasteiger partial charge is 0.417 e. The minimum atomic E-state index is -4.75. The summed E-state index contributed by atoms with van der Waals surface area (Å²) in [7, 11) is -3.05. The van der Waals surface area contributed by atoms with E-state index in [9.17, 15) is 21.6 Å². The van der Waals surface area contributed by atoms with Crippen molar-refractivity contribution in [1.82, 2.24) is 4.31 Å². The molecule has 0 unspecified atom stereocenters. The molecule has 0 atom stereocenters. The third-order valence-electron chi connectivity index (χ3n) is 2.24. The van der Waals surface area contributed by atoms with Gasteiger partial charge in [-0.05, 0) is 18.2 Å². The second-order valence-corrected chi connectivity index (χ2v) is 6.01. The van der Waals surface area contributed by atoms with Gasteiger partial charge in [0.05, 0.1) is 21.6 Å². The normalized spacial score (nSPS) is 12.5. The van der Waals surface area contributed by atoms with Crippen LogP contribution in [0.2, 0.25) is 5.02 Å². The molecule has 0 N–H and O–H groups in total. The molecule has 0 amide bonds. The zero-order valence-electron chi connectivity index (χ0n) is 9.57. The van der Waals surface area contributed by atoms with E-state index in [4.69, 9.17) is 16.9 Å². The smallest absolute Gasteiger partial charge is 0.207 e. The van der Waals surface area contributed by atoms with Gasteiger partial charge in [-0.25, -0.2) is 8.42 Å². The van der Waals surface area contributed by atoms with E-state index in [-0.39, 0.29) is 0 Å². The molecule has 0 bridgehead atoms. The summed E-state index contributed by atoms with van der Waals surface area (Å²) < 4.78 is 62.3. The second kappa shape index (κ2) is 5.36. The molecule has 1 aromatic rings. The molecule has 19 heavy (non-hydrogen) atoms. The van der Waals surface area contributed by atoms with Gasteiger partial charge < -0.3 is 0 Å². The van der Waals surface area contributed by atoms with E-state index >= 15 is 0 Å². The van der Waals surface area contributed by atoms with Gasteiger partial charge in [-0.3, -0.25) is 0 Å². The van der Waals surface area contributed by atoms with Crippen molar-refractivity contribution < 1.29 is 21.6 Å². The van der Waals surface area contributed by atoms with Crippen LogP contribution in [-0.2, 0) is 16.2 Å². The van der Waals surface area contributed by atoms with Gasteiger partial charge in [0.1, 0.15) is 6.54 Å². The highest BCUT2D eigenvalue weighted by atomic mass is 35.5. The topological polar surface area (TPSA) is 61.2 Å². The predicted octanol–water partition coefficient (Wildman–Crippen LogP) is 2.50. The number of rotatable bonds is 3. The maximum absolute atomic E-state index is 12.6. The molecule has 0 aliphatic carbocycles. The fourth-order valence-electron chi connectivity index (χ4n) is 1.25. The molecule has 0 fully saturated rings. The van der Waals surface area contributed by atoms with E-state index in [1.165, 1.54) is 0 Å². The number of sulfonamides is 1. The number of hydrogen-bond donors (Lipinski definition) is 0. The quantitative estimate of drug-likeness (QED) is 0.806. The summed E-state index contributed by atoms with van der Waals surface area (Å²) >= 11 is 5.39. The average molecular weight is 313 g/mol. The summed E-state index contributed by atoms with van der Waals surface area (Å²) in [6, 6.07) is 3.87. The Kier molecular flexibility index (Phi) is 4.45. The van der Waals surface area contributed by atoms with Gasteiger partial charge in [-0.2, -0.15) is 22.7 Å². The fraction of sp³-hybridized carbons (Fsp3) is 0.300. The third kappa shape index (κ3) is 3.37. The molecule has 4 nitrogen and oxygen atoms in total. The van der Waals surface area contributed by atoms with Crippen molar-refractivity contribution in [2.75, 3.05) is 13.6 Å². The molecule has 104 valence electrons. The summed E-state index contributed by atoms with van der Waals surface area (Å²) in [5, 5.41) is 7.83. The van der Waals surface area contributed by atoms with Crippen LogP contribution in [0.4, 0.5) is 13.2 Å². The number of halogens is 4. The first-order chi connectivity index (χ1) is 8.60. The Bertz CT molecular complexity index is 623. The van der Waals surface area contributed by atoms with Crippen LogP contribution in [0.5, 0.6) is 0 Å². The molecule has 1 rings (SSSR count). The molecule has 0 aromatic heterocycles. The number of hydrogen-bond acceptors (Lipinski definition) is 3. The van der Waals surface area contributed by atoms with Gasteiger partial charge in [-0.1, -0.05) is 11.6 Å². The van der Waals surface area contributed by atoms with Crippen molar-refractivity contribution in [3.05, 3.63) is 28.8 Å². The van der Waals surface area contributed by atoms with Crippen molar-refractivity contribution in [2.24, 2.45) is 0 Å². The molecule has 0 aliphatic heterocycles. The summed E-state index contributed by atoms with van der Waals surface area (Å²) in [6.45, 7) is -0.466. The van der Waals surface area contributed by atoms with Crippen molar-refractivity contribution in [3.63, 3.8) is 0 Å². The molecule has 0 spiro atoms. The van der Waals surface area contributed by atoms with Gasteiger partial charge in [0.15, 0.2) is 0 Å². The Morgan fingerprint density at radius 2 is 2.00 bits per heavy atom. The molecule has 0 saturated heterocycles. The zero-order chi connectivity index (χ0) is 14.8. The van der Waals surface area contributed by atoms with E-state index < -0.39 is 38.2 Å². The molecule has 0 radical (unpaired) electrons. The Morgan fingerprint density at radius 3 is 2.47 bits per heavy atom. The number of nitriles is 1. The lowest BCUT2D eigenvalue weighted by Crippen LogP contribution is -2.27. The SMILES string of the molecule is CN(CC#N)S(=O)(=O)c1ccc(Cl)c(C(F)(F)F)c1. The van der Waals surface area contributed by atoms with E-state index in [0.717, 1.165) is 19.2 Å². The number of benzene rings is 1. The van der Waals surface area contributed by atoms with Crippen molar-refractivity contribution in [3.8, 4) is 6.07 Å². The highest BCUT2D eigenvalue weighted by molar-refractivity contribution is 7.89. The zero-order valence-corrected chi connectivity index (χ0v) is 11.1. The first kappa shape index (κ1) is 15.8. The summed E-state index contributed by atoms with van der Waals surface area (Å²) in [5.41, 5.74) is -1.24. The van der Waals surface area contributed by atoms with Gasteiger partial charge >= 0.3 is 6.18 Å². The standard InChI is InChI=1S/C10H8ClF3N2O2S/c1-16(5-4-15)19(17,18)7-2-3-9(11)8(6-7)10(12,13)14/h2-3,6H,5H2,1H3. The highest BCUT2D eigenvalue weighted by Crippen LogP contribution is 2.36. The van der Waals surface area contributed by atoms with Gasteiger partial charge in [0.25, 0.3) is 0 Å². The summed E-state index contributed by atoms with van der Waals surface area (Å²) in [5.74, 6) is 0. The predicted molar refractivity (Wildman–Crippen MR) is 61.9 cm³/mol. The van der Waals surface area contributed by atoms with E-state index in [1.54, 1.807) is 6.07 Å². The van der Waals surface area contributed by atoms with Crippen LogP contribution in [0.3, 0.4) is 0 Å². The van der Waals surface area contributed by atoms with Crippen LogP contribution >= 0.6 is 11.6 Å². The Balaban J connectivity index is 3.35. The molecule has 0 aliphatic rings. The van der Waals surface area contributed by atoms with Crippen LogP contribution in [0.25, 0.3) is 0 Å². The Hall–Kier alpha value is -1.30. The molecule has 1 aromatic carbocycles. The fourth-order valence-corrected chi connectivity index (χ4v) is 2.57. The van der Waals surface area contributed by atoms with Crippen LogP contribution in [0.1, 0.15) is 5.56 Å². The van der Waals surface area contributed by atoms with Gasteiger partial charge in [0.2, 0.25) is 10.0 Å². The minimum Gasteiger partial charge on any atom is -0.207 e. The maximum Gasteiger partial charge on any atom is 0.417 e. The second-order valence-electron chi connectivity index (χ2n) is 3.56. The Labute approximate surface area is 113 Å². The number of nitrogens with zero attached hydrogens (tertiary/aromatic N) is 2. The highest BCUT2D eigenvalue weighted by Gasteiger charge is 2.35. The maximum atomic E-state index is 12.6. The van der Waals surface area contributed by atoms with Gasteiger partial charge in [0, 0.05) is 7.05 Å². The van der Waals surface area contributed by atoms with E-state index in [2.05, 4.69) is 0 Å². The van der Waals surface area contributed by atoms with Crippen molar-refractivity contribution >= 4 is 21.6 Å².